The van der Waals surface area contributed by atoms with Crippen molar-refractivity contribution in [2.75, 3.05) is 39.3 Å². The molecule has 27 heavy (non-hydrogen) atoms. The fourth-order valence-corrected chi connectivity index (χ4v) is 4.30. The van der Waals surface area contributed by atoms with Crippen LogP contribution in [-0.2, 0) is 13.0 Å². The lowest BCUT2D eigenvalue weighted by Crippen LogP contribution is -2.49. The molecule has 2 aromatic rings. The Kier molecular flexibility index (Phi) is 5.55. The Hall–Kier alpha value is -2.18. The number of nitrogens with one attached hydrogen (secondary N) is 1. The van der Waals surface area contributed by atoms with Gasteiger partial charge < -0.3 is 10.2 Å². The van der Waals surface area contributed by atoms with Gasteiger partial charge in [-0.25, -0.2) is 0 Å². The van der Waals surface area contributed by atoms with Crippen molar-refractivity contribution in [3.05, 3.63) is 53.3 Å². The number of nitrogens with zero attached hydrogens (tertiary/aromatic N) is 4. The van der Waals surface area contributed by atoms with Crippen molar-refractivity contribution in [3.8, 4) is 0 Å². The molecule has 1 aromatic carbocycles. The first-order chi connectivity index (χ1) is 13.3. The Morgan fingerprint density at radius 2 is 1.96 bits per heavy atom. The predicted octanol–water partition coefficient (Wildman–Crippen LogP) is 1.61. The highest BCUT2D eigenvalue weighted by molar-refractivity contribution is 5.95. The van der Waals surface area contributed by atoms with E-state index in [9.17, 15) is 4.79 Å². The third-order valence-electron chi connectivity index (χ3n) is 5.81. The lowest BCUT2D eigenvalue weighted by molar-refractivity contribution is 0.0772. The molecular weight excluding hydrogens is 338 g/mol. The number of likely N-dealkylation sites (tertiary alicyclic amines) is 1. The molecule has 0 spiro atoms. The molecule has 0 saturated carbocycles. The monoisotopic (exact) mass is 367 g/mol. The van der Waals surface area contributed by atoms with Crippen molar-refractivity contribution in [1.29, 1.82) is 0 Å². The zero-order chi connectivity index (χ0) is 18.6. The number of hydrogen-bond acceptors (Lipinski definition) is 4. The van der Waals surface area contributed by atoms with Gasteiger partial charge in [-0.05, 0) is 18.4 Å². The number of benzene rings is 1. The topological polar surface area (TPSA) is 53.4 Å². The second kappa shape index (κ2) is 8.23. The molecule has 1 amide bonds. The predicted molar refractivity (Wildman–Crippen MR) is 106 cm³/mol. The molecule has 1 atom stereocenters. The van der Waals surface area contributed by atoms with Crippen LogP contribution in [0.3, 0.4) is 0 Å². The lowest BCUT2D eigenvalue weighted by Gasteiger charge is -2.32. The summed E-state index contributed by atoms with van der Waals surface area (Å²) in [5, 5.41) is 7.94. The van der Waals surface area contributed by atoms with Crippen LogP contribution in [0.4, 0.5) is 0 Å². The van der Waals surface area contributed by atoms with Gasteiger partial charge in [-0.15, -0.1) is 0 Å². The molecule has 1 aromatic heterocycles. The maximum atomic E-state index is 13.2. The molecule has 0 aliphatic carbocycles. The fraction of sp³-hybridized carbons (Fsp3) is 0.524. The second-order valence-electron chi connectivity index (χ2n) is 7.48. The third kappa shape index (κ3) is 3.92. The van der Waals surface area contributed by atoms with Crippen molar-refractivity contribution < 1.29 is 4.79 Å². The van der Waals surface area contributed by atoms with Crippen LogP contribution in [0.5, 0.6) is 0 Å². The van der Waals surface area contributed by atoms with Gasteiger partial charge in [0.15, 0.2) is 0 Å². The molecule has 1 unspecified atom stereocenters. The Balaban J connectivity index is 1.46. The van der Waals surface area contributed by atoms with Gasteiger partial charge in [-0.3, -0.25) is 14.4 Å². The number of piperazine rings is 1. The summed E-state index contributed by atoms with van der Waals surface area (Å²) >= 11 is 0. The molecule has 3 heterocycles. The van der Waals surface area contributed by atoms with Crippen LogP contribution in [0, 0.1) is 0 Å². The number of rotatable bonds is 5. The summed E-state index contributed by atoms with van der Waals surface area (Å²) < 4.78 is 1.98. The first-order valence-electron chi connectivity index (χ1n) is 10.1. The number of amides is 1. The van der Waals surface area contributed by atoms with E-state index in [2.05, 4.69) is 34.4 Å². The van der Waals surface area contributed by atoms with Crippen molar-refractivity contribution in [1.82, 2.24) is 24.9 Å². The molecule has 2 saturated heterocycles. The van der Waals surface area contributed by atoms with Crippen molar-refractivity contribution in [3.63, 3.8) is 0 Å². The van der Waals surface area contributed by atoms with Gasteiger partial charge in [0, 0.05) is 45.3 Å². The van der Waals surface area contributed by atoms with Gasteiger partial charge in [-0.1, -0.05) is 37.3 Å². The van der Waals surface area contributed by atoms with E-state index in [0.717, 1.165) is 63.4 Å². The Morgan fingerprint density at radius 1 is 1.19 bits per heavy atom. The van der Waals surface area contributed by atoms with Crippen LogP contribution in [-0.4, -0.2) is 70.8 Å². The van der Waals surface area contributed by atoms with Gasteiger partial charge in [0.25, 0.3) is 5.91 Å². The molecule has 0 bridgehead atoms. The summed E-state index contributed by atoms with van der Waals surface area (Å²) in [4.78, 5) is 17.7. The van der Waals surface area contributed by atoms with Crippen LogP contribution < -0.4 is 5.32 Å². The van der Waals surface area contributed by atoms with E-state index >= 15 is 0 Å². The molecular formula is C21H29N5O. The first kappa shape index (κ1) is 18.2. The average Bonchev–Trinajstić information content (AvgIpc) is 3.36. The van der Waals surface area contributed by atoms with Crippen LogP contribution >= 0.6 is 0 Å². The highest BCUT2D eigenvalue weighted by atomic mass is 16.2. The van der Waals surface area contributed by atoms with Gasteiger partial charge in [0.05, 0.1) is 24.0 Å². The smallest absolute Gasteiger partial charge is 0.257 e. The zero-order valence-electron chi connectivity index (χ0n) is 16.1. The van der Waals surface area contributed by atoms with E-state index in [1.807, 2.05) is 27.8 Å². The number of hydrogen-bond donors (Lipinski definition) is 1. The standard InChI is InChI=1S/C21H29N5O/c1-2-20-19(14-23-26(20)15-17-6-4-3-5-7-17)21(27)25-11-8-18(16-25)24-12-9-22-10-13-24/h3-7,14,18,22H,2,8-13,15-16H2,1H3. The van der Waals surface area contributed by atoms with E-state index in [1.165, 1.54) is 5.56 Å². The maximum absolute atomic E-state index is 13.2. The van der Waals surface area contributed by atoms with E-state index in [4.69, 9.17) is 0 Å². The van der Waals surface area contributed by atoms with Crippen LogP contribution in [0.25, 0.3) is 0 Å². The van der Waals surface area contributed by atoms with Crippen molar-refractivity contribution in [2.24, 2.45) is 0 Å². The highest BCUT2D eigenvalue weighted by Crippen LogP contribution is 2.21. The molecule has 2 aliphatic heterocycles. The van der Waals surface area contributed by atoms with E-state index in [-0.39, 0.29) is 5.91 Å². The third-order valence-corrected chi connectivity index (χ3v) is 5.81. The molecule has 144 valence electrons. The largest absolute Gasteiger partial charge is 0.337 e. The second-order valence-corrected chi connectivity index (χ2v) is 7.48. The molecule has 6 nitrogen and oxygen atoms in total. The molecule has 1 N–H and O–H groups in total. The number of carbonyl (C=O) groups excluding carboxylic acids is 1. The minimum atomic E-state index is 0.142. The van der Waals surface area contributed by atoms with Crippen LogP contribution in [0.15, 0.2) is 36.5 Å². The van der Waals surface area contributed by atoms with Crippen LogP contribution in [0.2, 0.25) is 0 Å². The Morgan fingerprint density at radius 3 is 2.70 bits per heavy atom. The summed E-state index contributed by atoms with van der Waals surface area (Å²) in [7, 11) is 0. The van der Waals surface area contributed by atoms with Crippen molar-refractivity contribution >= 4 is 5.91 Å². The SMILES string of the molecule is CCc1c(C(=O)N2CCC(N3CCNCC3)C2)cnn1Cc1ccccc1. The normalized spacial score (nSPS) is 20.9. The Bertz CT molecular complexity index is 766. The van der Waals surface area contributed by atoms with Gasteiger partial charge >= 0.3 is 0 Å². The summed E-state index contributed by atoms with van der Waals surface area (Å²) in [6.07, 6.45) is 3.65. The molecule has 6 heteroatoms. The maximum Gasteiger partial charge on any atom is 0.257 e. The number of carbonyl (C=O) groups is 1. The molecule has 2 fully saturated rings. The van der Waals surface area contributed by atoms with Crippen LogP contribution in [0.1, 0.15) is 35.0 Å². The fourth-order valence-electron chi connectivity index (χ4n) is 4.30. The van der Waals surface area contributed by atoms with Crippen molar-refractivity contribution in [2.45, 2.75) is 32.4 Å². The lowest BCUT2D eigenvalue weighted by atomic mass is 10.1. The minimum absolute atomic E-state index is 0.142. The van der Waals surface area contributed by atoms with E-state index in [1.54, 1.807) is 6.20 Å². The van der Waals surface area contributed by atoms with Gasteiger partial charge in [-0.2, -0.15) is 5.10 Å². The summed E-state index contributed by atoms with van der Waals surface area (Å²) in [6.45, 7) is 8.77. The van der Waals surface area contributed by atoms with E-state index < -0.39 is 0 Å². The van der Waals surface area contributed by atoms with E-state index in [0.29, 0.717) is 12.6 Å². The quantitative estimate of drug-likeness (QED) is 0.872. The van der Waals surface area contributed by atoms with Gasteiger partial charge in [0.2, 0.25) is 0 Å². The summed E-state index contributed by atoms with van der Waals surface area (Å²) in [5.74, 6) is 0.142. The average molecular weight is 367 g/mol. The molecule has 2 aliphatic rings. The highest BCUT2D eigenvalue weighted by Gasteiger charge is 2.32. The first-order valence-corrected chi connectivity index (χ1v) is 10.1. The minimum Gasteiger partial charge on any atom is -0.337 e. The molecule has 0 radical (unpaired) electrons. The summed E-state index contributed by atoms with van der Waals surface area (Å²) in [5.41, 5.74) is 3.01. The van der Waals surface area contributed by atoms with Gasteiger partial charge in [0.1, 0.15) is 0 Å². The zero-order valence-corrected chi connectivity index (χ0v) is 16.1. The Labute approximate surface area is 161 Å². The molecule has 4 rings (SSSR count). The number of aromatic nitrogens is 2. The summed E-state index contributed by atoms with van der Waals surface area (Å²) in [6, 6.07) is 10.8.